The molecule has 0 aromatic heterocycles. The van der Waals surface area contributed by atoms with Gasteiger partial charge in [0, 0.05) is 0 Å². The quantitative estimate of drug-likeness (QED) is 0.175. The van der Waals surface area contributed by atoms with Gasteiger partial charge in [0.15, 0.2) is 0 Å². The molecule has 1 unspecified atom stereocenters. The highest BCUT2D eigenvalue weighted by molar-refractivity contribution is 14.1. The van der Waals surface area contributed by atoms with Gasteiger partial charge in [0.25, 0.3) is 0 Å². The SMILES string of the molecule is CCC=CCC=CCC=CCC=CCC=CCC=CCC(I)C(=O)O. The number of carbonyl (C=O) groups is 1. The average molecular weight is 454 g/mol. The second kappa shape index (κ2) is 19.0. The van der Waals surface area contributed by atoms with Crippen molar-refractivity contribution in [2.75, 3.05) is 0 Å². The molecule has 0 heterocycles. The Bertz CT molecular complexity index is 496. The van der Waals surface area contributed by atoms with E-state index in [1.807, 2.05) is 34.7 Å². The molecular formula is C22H31IO2. The lowest BCUT2D eigenvalue weighted by molar-refractivity contribution is -0.135. The van der Waals surface area contributed by atoms with Gasteiger partial charge < -0.3 is 5.11 Å². The number of halogens is 1. The maximum Gasteiger partial charge on any atom is 0.316 e. The minimum absolute atomic E-state index is 0.331. The summed E-state index contributed by atoms with van der Waals surface area (Å²) in [4.78, 5) is 10.6. The van der Waals surface area contributed by atoms with Crippen LogP contribution in [0.5, 0.6) is 0 Å². The summed E-state index contributed by atoms with van der Waals surface area (Å²) in [5.74, 6) is -0.750. The highest BCUT2D eigenvalue weighted by atomic mass is 127. The topological polar surface area (TPSA) is 37.3 Å². The molecule has 0 aliphatic rings. The highest BCUT2D eigenvalue weighted by Crippen LogP contribution is 2.07. The van der Waals surface area contributed by atoms with E-state index in [1.165, 1.54) is 0 Å². The third-order valence-electron chi connectivity index (χ3n) is 3.21. The second-order valence-corrected chi connectivity index (χ2v) is 6.96. The minimum Gasteiger partial charge on any atom is -0.480 e. The maximum absolute atomic E-state index is 10.6. The van der Waals surface area contributed by atoms with Crippen LogP contribution in [0.2, 0.25) is 0 Å². The van der Waals surface area contributed by atoms with Crippen LogP contribution in [0.1, 0.15) is 51.9 Å². The van der Waals surface area contributed by atoms with E-state index in [2.05, 4.69) is 67.7 Å². The fraction of sp³-hybridized carbons (Fsp3) is 0.409. The van der Waals surface area contributed by atoms with Crippen molar-refractivity contribution in [2.24, 2.45) is 0 Å². The van der Waals surface area contributed by atoms with Crippen LogP contribution < -0.4 is 0 Å². The molecule has 1 atom stereocenters. The lowest BCUT2D eigenvalue weighted by atomic mass is 10.2. The molecule has 2 nitrogen and oxygen atoms in total. The summed E-state index contributed by atoms with van der Waals surface area (Å²) in [5.41, 5.74) is 0. The molecule has 0 aromatic carbocycles. The molecule has 0 amide bonds. The van der Waals surface area contributed by atoms with Crippen LogP contribution >= 0.6 is 22.6 Å². The summed E-state index contributed by atoms with van der Waals surface area (Å²) >= 11 is 1.95. The second-order valence-electron chi connectivity index (χ2n) is 5.46. The van der Waals surface area contributed by atoms with Crippen molar-refractivity contribution in [2.45, 2.75) is 55.8 Å². The summed E-state index contributed by atoms with van der Waals surface area (Å²) in [5, 5.41) is 8.75. The van der Waals surface area contributed by atoms with Gasteiger partial charge in [-0.05, 0) is 44.9 Å². The van der Waals surface area contributed by atoms with Gasteiger partial charge in [0.1, 0.15) is 3.92 Å². The number of hydrogen-bond acceptors (Lipinski definition) is 1. The van der Waals surface area contributed by atoms with Crippen LogP contribution in [0.4, 0.5) is 0 Å². The Hall–Kier alpha value is -1.36. The molecule has 0 rings (SSSR count). The first-order valence-electron chi connectivity index (χ1n) is 8.95. The van der Waals surface area contributed by atoms with Gasteiger partial charge in [-0.1, -0.05) is 102 Å². The highest BCUT2D eigenvalue weighted by Gasteiger charge is 2.09. The van der Waals surface area contributed by atoms with Gasteiger partial charge in [-0.25, -0.2) is 0 Å². The van der Waals surface area contributed by atoms with Crippen LogP contribution in [0.25, 0.3) is 0 Å². The number of allylic oxidation sites excluding steroid dienone is 12. The molecule has 0 fully saturated rings. The largest absolute Gasteiger partial charge is 0.480 e. The van der Waals surface area contributed by atoms with Gasteiger partial charge >= 0.3 is 5.97 Å². The number of rotatable bonds is 14. The molecule has 0 radical (unpaired) electrons. The van der Waals surface area contributed by atoms with Gasteiger partial charge in [-0.3, -0.25) is 4.79 Å². The zero-order chi connectivity index (χ0) is 18.6. The van der Waals surface area contributed by atoms with Gasteiger partial charge in [0.2, 0.25) is 0 Å². The van der Waals surface area contributed by atoms with Crippen LogP contribution in [-0.2, 0) is 4.79 Å². The third-order valence-corrected chi connectivity index (χ3v) is 4.25. The summed E-state index contributed by atoms with van der Waals surface area (Å²) in [7, 11) is 0. The van der Waals surface area contributed by atoms with Crippen LogP contribution in [-0.4, -0.2) is 15.0 Å². The number of alkyl halides is 1. The number of aliphatic carboxylic acids is 1. The van der Waals surface area contributed by atoms with Crippen LogP contribution in [0, 0.1) is 0 Å². The van der Waals surface area contributed by atoms with E-state index in [4.69, 9.17) is 5.11 Å². The van der Waals surface area contributed by atoms with Crippen molar-refractivity contribution >= 4 is 28.6 Å². The molecule has 0 saturated carbocycles. The van der Waals surface area contributed by atoms with E-state index in [0.717, 1.165) is 38.5 Å². The van der Waals surface area contributed by atoms with Crippen molar-refractivity contribution in [1.82, 2.24) is 0 Å². The summed E-state index contributed by atoms with van der Waals surface area (Å²) < 4.78 is -0.331. The Balaban J connectivity index is 3.59. The fourth-order valence-electron chi connectivity index (χ4n) is 1.84. The average Bonchev–Trinajstić information content (AvgIpc) is 2.60. The van der Waals surface area contributed by atoms with E-state index >= 15 is 0 Å². The number of carboxylic acid groups (broad SMARTS) is 1. The maximum atomic E-state index is 10.6. The molecule has 25 heavy (non-hydrogen) atoms. The zero-order valence-corrected chi connectivity index (χ0v) is 17.3. The summed E-state index contributed by atoms with van der Waals surface area (Å²) in [6.07, 6.45) is 32.2. The Labute approximate surface area is 166 Å². The van der Waals surface area contributed by atoms with Crippen LogP contribution in [0.15, 0.2) is 72.9 Å². The van der Waals surface area contributed by atoms with E-state index in [9.17, 15) is 4.79 Å². The summed E-state index contributed by atoms with van der Waals surface area (Å²) in [6.45, 7) is 2.15. The molecule has 0 bridgehead atoms. The van der Waals surface area contributed by atoms with Crippen molar-refractivity contribution in [1.29, 1.82) is 0 Å². The molecule has 3 heteroatoms. The Morgan fingerprint density at radius 2 is 1.04 bits per heavy atom. The van der Waals surface area contributed by atoms with Crippen molar-refractivity contribution < 1.29 is 9.90 Å². The molecular weight excluding hydrogens is 423 g/mol. The first-order valence-corrected chi connectivity index (χ1v) is 10.2. The molecule has 0 aliphatic carbocycles. The monoisotopic (exact) mass is 454 g/mol. The Morgan fingerprint density at radius 1 is 0.720 bits per heavy atom. The van der Waals surface area contributed by atoms with E-state index < -0.39 is 5.97 Å². The van der Waals surface area contributed by atoms with E-state index in [1.54, 1.807) is 0 Å². The van der Waals surface area contributed by atoms with E-state index in [0.29, 0.717) is 6.42 Å². The molecule has 0 aromatic rings. The van der Waals surface area contributed by atoms with Crippen LogP contribution in [0.3, 0.4) is 0 Å². The third kappa shape index (κ3) is 18.8. The first-order chi connectivity index (χ1) is 12.2. The molecule has 0 saturated heterocycles. The fourth-order valence-corrected chi connectivity index (χ4v) is 2.13. The Kier molecular flexibility index (Phi) is 17.9. The van der Waals surface area contributed by atoms with Gasteiger partial charge in [0.05, 0.1) is 0 Å². The van der Waals surface area contributed by atoms with Crippen molar-refractivity contribution in [3.05, 3.63) is 72.9 Å². The lowest BCUT2D eigenvalue weighted by Gasteiger charge is -1.97. The van der Waals surface area contributed by atoms with Crippen molar-refractivity contribution in [3.8, 4) is 0 Å². The standard InChI is InChI=1S/C22H31IO2/c1-2-3-4-5-6-7-8-9-10-11-12-13-14-15-16-17-18-19-20-21(23)22(24)25/h3-4,6-7,9-10,12-13,15-16,18-19,21H,2,5,8,11,14,17,20H2,1H3,(H,24,25). The number of hydrogen-bond donors (Lipinski definition) is 1. The molecule has 138 valence electrons. The smallest absolute Gasteiger partial charge is 0.316 e. The van der Waals surface area contributed by atoms with E-state index in [-0.39, 0.29) is 3.92 Å². The Morgan fingerprint density at radius 3 is 1.36 bits per heavy atom. The van der Waals surface area contributed by atoms with Gasteiger partial charge in [-0.15, -0.1) is 0 Å². The van der Waals surface area contributed by atoms with Crippen molar-refractivity contribution in [3.63, 3.8) is 0 Å². The normalized spacial score (nSPS) is 14.3. The molecule has 0 aliphatic heterocycles. The first kappa shape index (κ1) is 23.6. The number of carboxylic acids is 1. The predicted molar refractivity (Wildman–Crippen MR) is 118 cm³/mol. The summed E-state index contributed by atoms with van der Waals surface area (Å²) in [6, 6.07) is 0. The molecule has 1 N–H and O–H groups in total. The van der Waals surface area contributed by atoms with Gasteiger partial charge in [-0.2, -0.15) is 0 Å². The molecule has 0 spiro atoms. The lowest BCUT2D eigenvalue weighted by Crippen LogP contribution is -2.10. The minimum atomic E-state index is -0.750. The predicted octanol–water partition coefficient (Wildman–Crippen LogP) is 6.96. The zero-order valence-electron chi connectivity index (χ0n) is 15.2.